The second-order valence-corrected chi connectivity index (χ2v) is 9.23. The molecule has 180 valence electrons. The van der Waals surface area contributed by atoms with Gasteiger partial charge in [0, 0.05) is 37.1 Å². The molecule has 0 spiro atoms. The number of nitrogens with zero attached hydrogens (tertiary/aromatic N) is 1. The second kappa shape index (κ2) is 12.8. The van der Waals surface area contributed by atoms with Crippen molar-refractivity contribution in [3.63, 3.8) is 0 Å². The Balaban J connectivity index is 2.29. The number of hydroxylamine groups is 2. The molecule has 32 heavy (non-hydrogen) atoms. The first-order valence-corrected chi connectivity index (χ1v) is 11.7. The maximum absolute atomic E-state index is 12.0. The lowest BCUT2D eigenvalue weighted by Crippen LogP contribution is -2.36. The van der Waals surface area contributed by atoms with Crippen LogP contribution in [0.2, 0.25) is 0 Å². The summed E-state index contributed by atoms with van der Waals surface area (Å²) in [7, 11) is -3.61. The van der Waals surface area contributed by atoms with E-state index in [0.29, 0.717) is 24.3 Å². The van der Waals surface area contributed by atoms with Gasteiger partial charge in [-0.15, -0.1) is 0 Å². The highest BCUT2D eigenvalue weighted by Crippen LogP contribution is 2.16. The molecule has 12 nitrogen and oxygen atoms in total. The van der Waals surface area contributed by atoms with Crippen LogP contribution in [-0.4, -0.2) is 61.9 Å². The Morgan fingerprint density at radius 3 is 2.28 bits per heavy atom. The van der Waals surface area contributed by atoms with Gasteiger partial charge in [-0.1, -0.05) is 31.9 Å². The minimum atomic E-state index is -3.61. The van der Waals surface area contributed by atoms with Crippen LogP contribution in [0.25, 0.3) is 0 Å². The number of carbonyl (C=O) groups excluding carboxylic acids is 5. The van der Waals surface area contributed by atoms with Gasteiger partial charge < -0.3 is 14.8 Å². The molecular formula is C19H28N2O10S. The maximum atomic E-state index is 12.0. The van der Waals surface area contributed by atoms with E-state index in [0.717, 1.165) is 5.41 Å². The Bertz CT molecular complexity index is 821. The molecule has 0 aliphatic carbocycles. The van der Waals surface area contributed by atoms with Crippen molar-refractivity contribution in [1.29, 1.82) is 0 Å². The van der Waals surface area contributed by atoms with Gasteiger partial charge in [0.2, 0.25) is 5.91 Å². The van der Waals surface area contributed by atoms with Crippen molar-refractivity contribution < 1.29 is 46.7 Å². The lowest BCUT2D eigenvalue weighted by molar-refractivity contribution is -0.199. The number of hydrogen-bond donors (Lipinski definition) is 1. The lowest BCUT2D eigenvalue weighted by Gasteiger charge is -2.22. The van der Waals surface area contributed by atoms with Gasteiger partial charge in [-0.2, -0.15) is 0 Å². The summed E-state index contributed by atoms with van der Waals surface area (Å²) < 4.78 is 32.5. The lowest BCUT2D eigenvalue weighted by atomic mass is 10.2. The van der Waals surface area contributed by atoms with E-state index in [1.807, 2.05) is 0 Å². The quantitative estimate of drug-likeness (QED) is 0.175. The number of sulfone groups is 1. The molecule has 1 aliphatic heterocycles. The average Bonchev–Trinajstić information content (AvgIpc) is 3.01. The molecule has 0 aromatic heterocycles. The summed E-state index contributed by atoms with van der Waals surface area (Å²) in [5, 5.41) is 3.51. The van der Waals surface area contributed by atoms with E-state index in [4.69, 9.17) is 9.47 Å². The molecule has 1 saturated heterocycles. The predicted octanol–water partition coefficient (Wildman–Crippen LogP) is 0.964. The number of ether oxygens (including phenoxy) is 2. The van der Waals surface area contributed by atoms with Gasteiger partial charge in [-0.05, 0) is 12.8 Å². The fourth-order valence-corrected chi connectivity index (χ4v) is 3.01. The van der Waals surface area contributed by atoms with E-state index >= 15 is 0 Å². The summed E-state index contributed by atoms with van der Waals surface area (Å²) in [5.74, 6) is -3.68. The van der Waals surface area contributed by atoms with E-state index in [1.54, 1.807) is 13.8 Å². The van der Waals surface area contributed by atoms with Gasteiger partial charge in [0.15, 0.2) is 9.84 Å². The highest BCUT2D eigenvalue weighted by molar-refractivity contribution is 7.94. The zero-order valence-corrected chi connectivity index (χ0v) is 18.9. The van der Waals surface area contributed by atoms with E-state index in [1.165, 1.54) is 0 Å². The van der Waals surface area contributed by atoms with Crippen LogP contribution < -0.4 is 5.32 Å². The molecule has 1 fully saturated rings. The standard InChI is InChI=1S/C19H28N2O10S/c1-4-32(27,28)12-14(22)20-11-7-5-6-8-17(25)29-18(13(2)3)30-19(26)31-21-15(23)9-10-16(21)24/h4,13,18H,1,5-12H2,2-3H3,(H,20,22). The Morgan fingerprint density at radius 2 is 1.72 bits per heavy atom. The topological polar surface area (TPSA) is 162 Å². The highest BCUT2D eigenvalue weighted by Gasteiger charge is 2.34. The van der Waals surface area contributed by atoms with Gasteiger partial charge in [-0.25, -0.2) is 13.2 Å². The summed E-state index contributed by atoms with van der Waals surface area (Å²) in [6.45, 7) is 6.63. The number of esters is 1. The summed E-state index contributed by atoms with van der Waals surface area (Å²) in [6.07, 6.45) is -1.23. The Hall–Kier alpha value is -2.96. The first-order valence-electron chi connectivity index (χ1n) is 10.0. The molecule has 13 heteroatoms. The molecule has 0 aromatic rings. The Morgan fingerprint density at radius 1 is 1.09 bits per heavy atom. The molecule has 0 aromatic carbocycles. The van der Waals surface area contributed by atoms with Crippen molar-refractivity contribution in [3.8, 4) is 0 Å². The zero-order chi connectivity index (χ0) is 24.3. The monoisotopic (exact) mass is 476 g/mol. The molecule has 1 unspecified atom stereocenters. The normalized spacial score (nSPS) is 14.8. The van der Waals surface area contributed by atoms with Gasteiger partial charge >= 0.3 is 12.1 Å². The van der Waals surface area contributed by atoms with Crippen molar-refractivity contribution in [3.05, 3.63) is 12.0 Å². The molecule has 1 rings (SSSR count). The molecule has 1 aliphatic rings. The van der Waals surface area contributed by atoms with Crippen LogP contribution in [0, 0.1) is 5.92 Å². The number of amides is 3. The third kappa shape index (κ3) is 9.90. The van der Waals surface area contributed by atoms with Crippen LogP contribution in [0.15, 0.2) is 12.0 Å². The van der Waals surface area contributed by atoms with E-state index in [9.17, 15) is 32.4 Å². The van der Waals surface area contributed by atoms with Gasteiger partial charge in [0.25, 0.3) is 18.1 Å². The Kier molecular flexibility index (Phi) is 10.8. The SMILES string of the molecule is C=CS(=O)(=O)CC(=O)NCCCCCC(=O)OC(OC(=O)ON1C(=O)CCC1=O)C(C)C. The van der Waals surface area contributed by atoms with Crippen molar-refractivity contribution in [2.24, 2.45) is 5.92 Å². The zero-order valence-electron chi connectivity index (χ0n) is 18.0. The first kappa shape index (κ1) is 27.1. The minimum absolute atomic E-state index is 0.0174. The number of imide groups is 1. The first-order chi connectivity index (χ1) is 14.9. The summed E-state index contributed by atoms with van der Waals surface area (Å²) in [4.78, 5) is 62.8. The molecule has 0 bridgehead atoms. The van der Waals surface area contributed by atoms with E-state index < -0.39 is 57.6 Å². The van der Waals surface area contributed by atoms with Crippen LogP contribution in [0.5, 0.6) is 0 Å². The maximum Gasteiger partial charge on any atom is 0.537 e. The smallest absolute Gasteiger partial charge is 0.425 e. The summed E-state index contributed by atoms with van der Waals surface area (Å²) >= 11 is 0. The van der Waals surface area contributed by atoms with E-state index in [2.05, 4.69) is 16.7 Å². The highest BCUT2D eigenvalue weighted by atomic mass is 32.2. The number of nitrogens with one attached hydrogen (secondary N) is 1. The van der Waals surface area contributed by atoms with Gasteiger partial charge in [0.05, 0.1) is 0 Å². The van der Waals surface area contributed by atoms with Crippen LogP contribution in [0.3, 0.4) is 0 Å². The van der Waals surface area contributed by atoms with Gasteiger partial charge in [-0.3, -0.25) is 24.0 Å². The number of unbranched alkanes of at least 4 members (excludes halogenated alkanes) is 2. The van der Waals surface area contributed by atoms with Gasteiger partial charge in [0.1, 0.15) is 5.75 Å². The summed E-state index contributed by atoms with van der Waals surface area (Å²) in [6, 6.07) is 0. The van der Waals surface area contributed by atoms with Crippen molar-refractivity contribution in [2.45, 2.75) is 58.7 Å². The molecule has 1 heterocycles. The van der Waals surface area contributed by atoms with E-state index in [-0.39, 0.29) is 25.8 Å². The van der Waals surface area contributed by atoms with Crippen LogP contribution in [0.1, 0.15) is 52.4 Å². The molecule has 1 N–H and O–H groups in total. The predicted molar refractivity (Wildman–Crippen MR) is 109 cm³/mol. The third-order valence-corrected chi connectivity index (χ3v) is 5.31. The molecule has 0 radical (unpaired) electrons. The fourth-order valence-electron chi connectivity index (χ4n) is 2.43. The second-order valence-electron chi connectivity index (χ2n) is 7.28. The van der Waals surface area contributed by atoms with Crippen molar-refractivity contribution in [2.75, 3.05) is 12.3 Å². The molecule has 0 saturated carbocycles. The molecule has 3 amide bonds. The minimum Gasteiger partial charge on any atom is -0.425 e. The van der Waals surface area contributed by atoms with Crippen LogP contribution in [0.4, 0.5) is 4.79 Å². The average molecular weight is 477 g/mol. The van der Waals surface area contributed by atoms with Crippen LogP contribution >= 0.6 is 0 Å². The van der Waals surface area contributed by atoms with Crippen molar-refractivity contribution >= 4 is 39.7 Å². The molecule has 1 atom stereocenters. The number of rotatable bonds is 13. The fraction of sp³-hybridized carbons (Fsp3) is 0.632. The largest absolute Gasteiger partial charge is 0.537 e. The number of carbonyl (C=O) groups is 5. The Labute approximate surface area is 186 Å². The molecular weight excluding hydrogens is 448 g/mol. The number of hydrogen-bond acceptors (Lipinski definition) is 10. The summed E-state index contributed by atoms with van der Waals surface area (Å²) in [5.41, 5.74) is 0. The van der Waals surface area contributed by atoms with Crippen molar-refractivity contribution in [1.82, 2.24) is 10.4 Å². The third-order valence-electron chi connectivity index (χ3n) is 4.14. The van der Waals surface area contributed by atoms with Crippen LogP contribution in [-0.2, 0) is 43.3 Å².